The van der Waals surface area contributed by atoms with Crippen molar-refractivity contribution in [2.75, 3.05) is 50.0 Å². The molecule has 2 aliphatic heterocycles. The lowest BCUT2D eigenvalue weighted by atomic mass is 9.98. The number of hydrogen-bond acceptors (Lipinski definition) is 8. The number of ether oxygens (including phenoxy) is 1. The van der Waals surface area contributed by atoms with Gasteiger partial charge in [-0.1, -0.05) is 23.4 Å². The van der Waals surface area contributed by atoms with Crippen LogP contribution in [0.1, 0.15) is 40.5 Å². The first-order chi connectivity index (χ1) is 16.7. The van der Waals surface area contributed by atoms with Crippen LogP contribution in [0.25, 0.3) is 0 Å². The lowest BCUT2D eigenvalue weighted by Crippen LogP contribution is -2.57. The first kappa shape index (κ1) is 27.3. The molecule has 2 saturated heterocycles. The number of piperidine rings is 1. The predicted molar refractivity (Wildman–Crippen MR) is 136 cm³/mol. The van der Waals surface area contributed by atoms with Crippen LogP contribution < -0.4 is 10.2 Å². The van der Waals surface area contributed by atoms with Crippen molar-refractivity contribution in [3.05, 3.63) is 11.2 Å². The highest BCUT2D eigenvalue weighted by atomic mass is 35.5. The van der Waals surface area contributed by atoms with E-state index in [1.54, 1.807) is 17.9 Å². The summed E-state index contributed by atoms with van der Waals surface area (Å²) < 4.78 is 5.12. The molecule has 0 aliphatic carbocycles. The van der Waals surface area contributed by atoms with Gasteiger partial charge in [-0.15, -0.1) is 0 Å². The van der Waals surface area contributed by atoms with Crippen molar-refractivity contribution in [2.45, 2.75) is 57.8 Å². The molecule has 12 heteroatoms. The minimum Gasteiger partial charge on any atom is -0.466 e. The van der Waals surface area contributed by atoms with Crippen LogP contribution in [0.15, 0.2) is 11.2 Å². The number of esters is 1. The highest BCUT2D eigenvalue weighted by Crippen LogP contribution is 2.25. The van der Waals surface area contributed by atoms with Crippen molar-refractivity contribution < 1.29 is 19.1 Å². The van der Waals surface area contributed by atoms with Crippen molar-refractivity contribution >= 4 is 47.1 Å². The monoisotopic (exact) mass is 526 g/mol. The Morgan fingerprint density at radius 3 is 2.69 bits per heavy atom. The smallest absolute Gasteiger partial charge is 0.317 e. The number of rotatable bonds is 7. The third-order valence-corrected chi connectivity index (χ3v) is 7.03. The Labute approximate surface area is 216 Å². The van der Waals surface area contributed by atoms with Gasteiger partial charge < -0.3 is 24.8 Å². The highest BCUT2D eigenvalue weighted by molar-refractivity contribution is 7.99. The molecule has 0 spiro atoms. The first-order valence-electron chi connectivity index (χ1n) is 12.1. The zero-order chi connectivity index (χ0) is 25.5. The fourth-order valence-corrected chi connectivity index (χ4v) is 5.27. The Kier molecular flexibility index (Phi) is 9.85. The summed E-state index contributed by atoms with van der Waals surface area (Å²) in [5, 5.41) is 3.67. The molecule has 1 aromatic heterocycles. The van der Waals surface area contributed by atoms with Crippen LogP contribution in [-0.4, -0.2) is 94.8 Å². The summed E-state index contributed by atoms with van der Waals surface area (Å²) in [7, 11) is 0. The van der Waals surface area contributed by atoms with Crippen molar-refractivity contribution in [2.24, 2.45) is 5.92 Å². The number of amides is 3. The second kappa shape index (κ2) is 12.6. The number of nitrogens with zero attached hydrogens (tertiary/aromatic N) is 5. The molecule has 2 atom stereocenters. The lowest BCUT2D eigenvalue weighted by molar-refractivity contribution is -0.151. The molecule has 1 N–H and O–H groups in total. The van der Waals surface area contributed by atoms with E-state index in [9.17, 15) is 14.4 Å². The number of carbonyl (C=O) groups excluding carboxylic acids is 3. The molecule has 3 heterocycles. The number of piperazine rings is 1. The molecule has 2 unspecified atom stereocenters. The molecule has 3 amide bonds. The number of nitrogens with one attached hydrogen (secondary N) is 1. The van der Waals surface area contributed by atoms with E-state index < -0.39 is 0 Å². The van der Waals surface area contributed by atoms with Gasteiger partial charge in [-0.2, -0.15) is 0 Å². The number of likely N-dealkylation sites (tertiary alicyclic amines) is 1. The molecule has 194 valence electrons. The topological polar surface area (TPSA) is 108 Å². The van der Waals surface area contributed by atoms with Crippen LogP contribution in [-0.2, 0) is 14.3 Å². The van der Waals surface area contributed by atoms with E-state index in [0.717, 1.165) is 12.8 Å². The van der Waals surface area contributed by atoms with Gasteiger partial charge in [0.25, 0.3) is 0 Å². The van der Waals surface area contributed by atoms with E-state index in [0.29, 0.717) is 55.5 Å². The van der Waals surface area contributed by atoms with Gasteiger partial charge in [0.1, 0.15) is 11.0 Å². The van der Waals surface area contributed by atoms with Gasteiger partial charge in [0.2, 0.25) is 5.91 Å². The predicted octanol–water partition coefficient (Wildman–Crippen LogP) is 2.65. The molecule has 10 nitrogen and oxygen atoms in total. The third-order valence-electron chi connectivity index (χ3n) is 6.00. The first-order valence-corrected chi connectivity index (χ1v) is 13.5. The fraction of sp³-hybridized carbons (Fsp3) is 0.696. The van der Waals surface area contributed by atoms with Crippen LogP contribution in [0.5, 0.6) is 0 Å². The number of thioether (sulfide) groups is 1. The normalized spacial score (nSPS) is 20.7. The number of halogens is 1. The summed E-state index contributed by atoms with van der Waals surface area (Å²) in [5.74, 6) is 0.268. The van der Waals surface area contributed by atoms with Gasteiger partial charge in [-0.25, -0.2) is 14.8 Å². The molecule has 2 aliphatic rings. The number of anilines is 1. The number of hydrogen-bond donors (Lipinski definition) is 1. The maximum Gasteiger partial charge on any atom is 0.317 e. The van der Waals surface area contributed by atoms with Crippen LogP contribution in [0.4, 0.5) is 10.6 Å². The molecule has 0 saturated carbocycles. The summed E-state index contributed by atoms with van der Waals surface area (Å²) in [5.41, 5.74) is 0. The van der Waals surface area contributed by atoms with Gasteiger partial charge in [0, 0.05) is 50.9 Å². The number of carbonyl (C=O) groups is 3. The van der Waals surface area contributed by atoms with Crippen LogP contribution in [0, 0.1) is 5.92 Å². The third kappa shape index (κ3) is 7.60. The Morgan fingerprint density at radius 1 is 1.23 bits per heavy atom. The average molecular weight is 527 g/mol. The quantitative estimate of drug-likeness (QED) is 0.250. The van der Waals surface area contributed by atoms with Crippen LogP contribution in [0.3, 0.4) is 0 Å². The standard InChI is InChI=1S/C23H35ClN6O4S/c1-5-34-21(32)17-7-6-8-29(13-17)20(31)14-35-22-26-18(24)11-19(27-22)28-9-10-30(16(4)12-28)23(33)25-15(2)3/h11,15-17H,5-10,12-14H2,1-4H3,(H,25,33). The molecule has 0 bridgehead atoms. The molecular formula is C23H35ClN6O4S. The van der Waals surface area contributed by atoms with Gasteiger partial charge in [-0.05, 0) is 40.5 Å². The maximum atomic E-state index is 12.8. The van der Waals surface area contributed by atoms with Crippen LogP contribution >= 0.6 is 23.4 Å². The average Bonchev–Trinajstić information content (AvgIpc) is 2.81. The zero-order valence-corrected chi connectivity index (χ0v) is 22.4. The van der Waals surface area contributed by atoms with Crippen molar-refractivity contribution in [3.8, 4) is 0 Å². The minimum atomic E-state index is -0.269. The van der Waals surface area contributed by atoms with Crippen molar-refractivity contribution in [3.63, 3.8) is 0 Å². The Morgan fingerprint density at radius 2 is 2.00 bits per heavy atom. The molecule has 2 fully saturated rings. The van der Waals surface area contributed by atoms with Crippen molar-refractivity contribution in [1.29, 1.82) is 0 Å². The summed E-state index contributed by atoms with van der Waals surface area (Å²) in [4.78, 5) is 51.8. The zero-order valence-electron chi connectivity index (χ0n) is 20.8. The molecule has 3 rings (SSSR count). The molecule has 1 aromatic rings. The summed E-state index contributed by atoms with van der Waals surface area (Å²) in [6.45, 7) is 10.8. The van der Waals surface area contributed by atoms with E-state index in [1.807, 2.05) is 25.7 Å². The highest BCUT2D eigenvalue weighted by Gasteiger charge is 2.30. The lowest BCUT2D eigenvalue weighted by Gasteiger charge is -2.40. The van der Waals surface area contributed by atoms with Crippen molar-refractivity contribution in [1.82, 2.24) is 25.1 Å². The van der Waals surface area contributed by atoms with Gasteiger partial charge in [0.05, 0.1) is 18.3 Å². The summed E-state index contributed by atoms with van der Waals surface area (Å²) in [6, 6.07) is 1.72. The summed E-state index contributed by atoms with van der Waals surface area (Å²) >= 11 is 7.51. The van der Waals surface area contributed by atoms with E-state index >= 15 is 0 Å². The number of aromatic nitrogens is 2. The fourth-order valence-electron chi connectivity index (χ4n) is 4.28. The van der Waals surface area contributed by atoms with E-state index in [-0.39, 0.29) is 41.7 Å². The number of urea groups is 1. The maximum absolute atomic E-state index is 12.8. The van der Waals surface area contributed by atoms with E-state index in [4.69, 9.17) is 16.3 Å². The molecule has 0 aromatic carbocycles. The van der Waals surface area contributed by atoms with Gasteiger partial charge in [-0.3, -0.25) is 9.59 Å². The molecule has 0 radical (unpaired) electrons. The second-order valence-corrected chi connectivity index (χ2v) is 10.5. The van der Waals surface area contributed by atoms with Crippen LogP contribution in [0.2, 0.25) is 5.15 Å². The Balaban J connectivity index is 1.57. The van der Waals surface area contributed by atoms with E-state index in [1.165, 1.54) is 11.8 Å². The summed E-state index contributed by atoms with van der Waals surface area (Å²) in [6.07, 6.45) is 1.51. The second-order valence-electron chi connectivity index (χ2n) is 9.14. The Hall–Kier alpha value is -2.27. The minimum absolute atomic E-state index is 0.000340. The molecule has 35 heavy (non-hydrogen) atoms. The largest absolute Gasteiger partial charge is 0.466 e. The van der Waals surface area contributed by atoms with E-state index in [2.05, 4.69) is 20.2 Å². The molecular weight excluding hydrogens is 492 g/mol. The Bertz CT molecular complexity index is 920. The van der Waals surface area contributed by atoms with Gasteiger partial charge >= 0.3 is 12.0 Å². The van der Waals surface area contributed by atoms with Gasteiger partial charge in [0.15, 0.2) is 5.16 Å². The SMILES string of the molecule is CCOC(=O)C1CCCN(C(=O)CSc2nc(Cl)cc(N3CCN(C(=O)NC(C)C)C(C)C3)n2)C1.